The molecule has 0 aromatic heterocycles. The van der Waals surface area contributed by atoms with Gasteiger partial charge in [-0.05, 0) is 36.2 Å². The van der Waals surface area contributed by atoms with Crippen LogP contribution in [-0.2, 0) is 0 Å². The molecule has 21 heavy (non-hydrogen) atoms. The molecule has 2 aromatic carbocycles. The van der Waals surface area contributed by atoms with E-state index in [1.165, 1.54) is 24.3 Å². The minimum Gasteiger partial charge on any atom is -0.481 e. The molecule has 0 spiro atoms. The van der Waals surface area contributed by atoms with Crippen LogP contribution in [-0.4, -0.2) is 6.04 Å². The molecule has 0 amide bonds. The highest BCUT2D eigenvalue weighted by molar-refractivity contribution is 5.28. The number of nitrogens with two attached hydrogens (primary N) is 1. The average molecular weight is 295 g/mol. The summed E-state index contributed by atoms with van der Waals surface area (Å²) < 4.78 is 45.5. The Hall–Kier alpha value is -2.01. The largest absolute Gasteiger partial charge is 0.481 e. The lowest BCUT2D eigenvalue weighted by atomic mass is 10.0. The van der Waals surface area contributed by atoms with Crippen molar-refractivity contribution in [1.29, 1.82) is 0 Å². The smallest absolute Gasteiger partial charge is 0.168 e. The quantitative estimate of drug-likeness (QED) is 0.906. The number of hydrogen-bond donors (Lipinski definition) is 1. The minimum atomic E-state index is -0.820. The van der Waals surface area contributed by atoms with E-state index in [0.29, 0.717) is 12.0 Å². The summed E-state index contributed by atoms with van der Waals surface area (Å²) in [7, 11) is 0. The lowest BCUT2D eigenvalue weighted by Gasteiger charge is -2.25. The lowest BCUT2D eigenvalue weighted by Crippen LogP contribution is -2.31. The van der Waals surface area contributed by atoms with E-state index in [0.717, 1.165) is 12.1 Å². The van der Waals surface area contributed by atoms with Crippen LogP contribution in [0.15, 0.2) is 42.5 Å². The Bertz CT molecular complexity index is 618. The van der Waals surface area contributed by atoms with Gasteiger partial charge in [-0.15, -0.1) is 0 Å². The predicted molar refractivity (Wildman–Crippen MR) is 74.4 cm³/mol. The van der Waals surface area contributed by atoms with Crippen LogP contribution in [0, 0.1) is 17.5 Å². The molecule has 2 unspecified atom stereocenters. The molecular formula is C16H16F3NO. The van der Waals surface area contributed by atoms with Crippen LogP contribution in [0.4, 0.5) is 13.2 Å². The normalized spacial score (nSPS) is 13.8. The minimum absolute atomic E-state index is 0.116. The van der Waals surface area contributed by atoms with Gasteiger partial charge >= 0.3 is 0 Å². The molecule has 0 aliphatic carbocycles. The molecule has 0 saturated carbocycles. The van der Waals surface area contributed by atoms with Gasteiger partial charge < -0.3 is 10.5 Å². The van der Waals surface area contributed by atoms with Crippen molar-refractivity contribution < 1.29 is 17.9 Å². The first-order valence-electron chi connectivity index (χ1n) is 6.64. The topological polar surface area (TPSA) is 35.2 Å². The van der Waals surface area contributed by atoms with Gasteiger partial charge in [-0.3, -0.25) is 0 Å². The van der Waals surface area contributed by atoms with E-state index in [4.69, 9.17) is 10.5 Å². The van der Waals surface area contributed by atoms with Crippen LogP contribution < -0.4 is 10.5 Å². The first kappa shape index (κ1) is 15.4. The number of ether oxygens (including phenoxy) is 1. The zero-order chi connectivity index (χ0) is 15.4. The number of halogens is 3. The number of hydrogen-bond acceptors (Lipinski definition) is 2. The molecule has 0 bridgehead atoms. The molecule has 5 heteroatoms. The third-order valence-electron chi connectivity index (χ3n) is 3.19. The van der Waals surface area contributed by atoms with Gasteiger partial charge in [0.05, 0.1) is 0 Å². The van der Waals surface area contributed by atoms with Crippen molar-refractivity contribution in [2.75, 3.05) is 0 Å². The molecule has 0 saturated heterocycles. The van der Waals surface area contributed by atoms with E-state index in [2.05, 4.69) is 0 Å². The first-order valence-corrected chi connectivity index (χ1v) is 6.64. The second-order valence-electron chi connectivity index (χ2n) is 4.74. The van der Waals surface area contributed by atoms with Crippen molar-refractivity contribution in [1.82, 2.24) is 0 Å². The van der Waals surface area contributed by atoms with E-state index >= 15 is 0 Å². The number of rotatable bonds is 5. The van der Waals surface area contributed by atoms with Crippen molar-refractivity contribution >= 4 is 0 Å². The number of benzene rings is 2. The van der Waals surface area contributed by atoms with Crippen LogP contribution in [0.1, 0.15) is 25.0 Å². The molecule has 2 aromatic rings. The summed E-state index contributed by atoms with van der Waals surface area (Å²) in [5.74, 6) is -2.06. The fourth-order valence-corrected chi connectivity index (χ4v) is 2.01. The summed E-state index contributed by atoms with van der Waals surface area (Å²) in [5.41, 5.74) is 6.49. The fraction of sp³-hybridized carbons (Fsp3) is 0.250. The van der Waals surface area contributed by atoms with E-state index in [1.807, 2.05) is 6.92 Å². The maximum Gasteiger partial charge on any atom is 0.168 e. The van der Waals surface area contributed by atoms with Crippen molar-refractivity contribution in [3.8, 4) is 5.75 Å². The van der Waals surface area contributed by atoms with Gasteiger partial charge in [0.15, 0.2) is 11.6 Å². The summed E-state index contributed by atoms with van der Waals surface area (Å²) in [4.78, 5) is 0. The maximum absolute atomic E-state index is 13.7. The Morgan fingerprint density at radius 3 is 2.38 bits per heavy atom. The molecule has 0 fully saturated rings. The van der Waals surface area contributed by atoms with Crippen molar-refractivity contribution in [2.45, 2.75) is 25.5 Å². The Kier molecular flexibility index (Phi) is 4.85. The van der Waals surface area contributed by atoms with E-state index in [-0.39, 0.29) is 5.75 Å². The molecule has 0 radical (unpaired) electrons. The first-order chi connectivity index (χ1) is 10.0. The SMILES string of the molecule is CCC(N)C(Oc1ccc(F)cc1F)c1cccc(F)c1. The molecule has 0 aliphatic rings. The predicted octanol–water partition coefficient (Wildman–Crippen LogP) is 3.96. The second kappa shape index (κ2) is 6.63. The van der Waals surface area contributed by atoms with Crippen molar-refractivity contribution in [3.63, 3.8) is 0 Å². The molecule has 2 N–H and O–H groups in total. The van der Waals surface area contributed by atoms with E-state index < -0.39 is 29.6 Å². The Morgan fingerprint density at radius 1 is 1.05 bits per heavy atom. The fourth-order valence-electron chi connectivity index (χ4n) is 2.01. The molecule has 0 aliphatic heterocycles. The highest BCUT2D eigenvalue weighted by Crippen LogP contribution is 2.28. The standard InChI is InChI=1S/C16H16F3NO/c1-2-14(20)16(10-4-3-5-11(17)8-10)21-15-7-6-12(18)9-13(15)19/h3-9,14,16H,2,20H2,1H3. The Morgan fingerprint density at radius 2 is 1.76 bits per heavy atom. The molecule has 2 nitrogen and oxygen atoms in total. The van der Waals surface area contributed by atoms with Crippen LogP contribution in [0.5, 0.6) is 5.75 Å². The molecular weight excluding hydrogens is 279 g/mol. The molecule has 2 atom stereocenters. The third-order valence-corrected chi connectivity index (χ3v) is 3.19. The van der Waals surface area contributed by atoms with Gasteiger partial charge in [0.2, 0.25) is 0 Å². The average Bonchev–Trinajstić information content (AvgIpc) is 2.45. The molecule has 2 rings (SSSR count). The summed E-state index contributed by atoms with van der Waals surface area (Å²) in [6.07, 6.45) is -0.157. The van der Waals surface area contributed by atoms with Crippen LogP contribution in [0.3, 0.4) is 0 Å². The van der Waals surface area contributed by atoms with Crippen LogP contribution >= 0.6 is 0 Å². The van der Waals surface area contributed by atoms with Crippen LogP contribution in [0.25, 0.3) is 0 Å². The molecule has 0 heterocycles. The summed E-state index contributed by atoms with van der Waals surface area (Å²) >= 11 is 0. The van der Waals surface area contributed by atoms with Gasteiger partial charge in [-0.25, -0.2) is 13.2 Å². The maximum atomic E-state index is 13.7. The van der Waals surface area contributed by atoms with Gasteiger partial charge in [0, 0.05) is 12.1 Å². The highest BCUT2D eigenvalue weighted by atomic mass is 19.1. The zero-order valence-electron chi connectivity index (χ0n) is 11.5. The van der Waals surface area contributed by atoms with Crippen molar-refractivity contribution in [3.05, 3.63) is 65.5 Å². The summed E-state index contributed by atoms with van der Waals surface area (Å²) in [6.45, 7) is 1.85. The van der Waals surface area contributed by atoms with E-state index in [1.54, 1.807) is 6.07 Å². The third kappa shape index (κ3) is 3.76. The summed E-state index contributed by atoms with van der Waals surface area (Å²) in [6, 6.07) is 8.36. The lowest BCUT2D eigenvalue weighted by molar-refractivity contribution is 0.163. The van der Waals surface area contributed by atoms with Gasteiger partial charge in [0.25, 0.3) is 0 Å². The highest BCUT2D eigenvalue weighted by Gasteiger charge is 2.22. The molecule has 112 valence electrons. The Labute approximate surface area is 121 Å². The van der Waals surface area contributed by atoms with Gasteiger partial charge in [-0.1, -0.05) is 19.1 Å². The second-order valence-corrected chi connectivity index (χ2v) is 4.74. The van der Waals surface area contributed by atoms with Gasteiger partial charge in [0.1, 0.15) is 17.7 Å². The Balaban J connectivity index is 2.33. The monoisotopic (exact) mass is 295 g/mol. The van der Waals surface area contributed by atoms with Gasteiger partial charge in [-0.2, -0.15) is 0 Å². The zero-order valence-corrected chi connectivity index (χ0v) is 11.5. The van der Waals surface area contributed by atoms with E-state index in [9.17, 15) is 13.2 Å². The van der Waals surface area contributed by atoms with Crippen molar-refractivity contribution in [2.24, 2.45) is 5.73 Å². The summed E-state index contributed by atoms with van der Waals surface area (Å²) in [5, 5.41) is 0. The van der Waals surface area contributed by atoms with Crippen LogP contribution in [0.2, 0.25) is 0 Å².